The highest BCUT2D eigenvalue weighted by atomic mass is 16.7. The van der Waals surface area contributed by atoms with Crippen molar-refractivity contribution >= 4 is 12.6 Å². The molecule has 3 aliphatic heterocycles. The molecule has 4 aromatic rings. The molecule has 5 heteroatoms. The van der Waals surface area contributed by atoms with Gasteiger partial charge in [0.1, 0.15) is 23.0 Å². The third-order valence-corrected chi connectivity index (χ3v) is 8.25. The quantitative estimate of drug-likeness (QED) is 0.252. The van der Waals surface area contributed by atoms with E-state index >= 15 is 0 Å². The number of ether oxygens (including phenoxy) is 2. The zero-order valence-electron chi connectivity index (χ0n) is 20.9. The summed E-state index contributed by atoms with van der Waals surface area (Å²) < 4.78 is 25.8. The Morgan fingerprint density at radius 2 is 0.917 bits per heavy atom. The molecule has 3 heterocycles. The Morgan fingerprint density at radius 1 is 0.500 bits per heavy atom. The van der Waals surface area contributed by atoms with Gasteiger partial charge in [-0.15, -0.1) is 0 Å². The lowest BCUT2D eigenvalue weighted by molar-refractivity contribution is 0.00578. The van der Waals surface area contributed by atoms with E-state index in [1.54, 1.807) is 0 Å². The van der Waals surface area contributed by atoms with Crippen LogP contribution >= 0.6 is 0 Å². The summed E-state index contributed by atoms with van der Waals surface area (Å²) in [6.45, 7) is 8.32. The van der Waals surface area contributed by atoms with Gasteiger partial charge in [0.2, 0.25) is 0 Å². The van der Waals surface area contributed by atoms with Gasteiger partial charge in [-0.2, -0.15) is 0 Å². The summed E-state index contributed by atoms with van der Waals surface area (Å²) in [7, 11) is -0.472. The highest BCUT2D eigenvalue weighted by Crippen LogP contribution is 2.61. The maximum absolute atomic E-state index is 6.51. The third kappa shape index (κ3) is 2.78. The van der Waals surface area contributed by atoms with Crippen molar-refractivity contribution in [2.75, 3.05) is 0 Å². The molecular formula is C31H27BO4. The molecule has 4 nitrogen and oxygen atoms in total. The summed E-state index contributed by atoms with van der Waals surface area (Å²) in [6, 6.07) is 31.2. The Morgan fingerprint density at radius 3 is 1.39 bits per heavy atom. The van der Waals surface area contributed by atoms with Crippen molar-refractivity contribution in [3.05, 3.63) is 113 Å². The van der Waals surface area contributed by atoms with Gasteiger partial charge in [-0.1, -0.05) is 66.7 Å². The Balaban J connectivity index is 1.54. The molecule has 0 N–H and O–H groups in total. The zero-order valence-corrected chi connectivity index (χ0v) is 20.9. The molecule has 0 amide bonds. The second-order valence-electron chi connectivity index (χ2n) is 10.8. The van der Waals surface area contributed by atoms with Gasteiger partial charge < -0.3 is 18.8 Å². The molecule has 36 heavy (non-hydrogen) atoms. The molecule has 1 saturated heterocycles. The maximum atomic E-state index is 6.51. The van der Waals surface area contributed by atoms with E-state index in [9.17, 15) is 0 Å². The van der Waals surface area contributed by atoms with Crippen LogP contribution in [0.4, 0.5) is 0 Å². The number of benzene rings is 4. The summed E-state index contributed by atoms with van der Waals surface area (Å²) in [5, 5.41) is 0. The van der Waals surface area contributed by atoms with Crippen LogP contribution in [-0.4, -0.2) is 18.3 Å². The maximum Gasteiger partial charge on any atom is 0.494 e. The second-order valence-corrected chi connectivity index (χ2v) is 10.8. The van der Waals surface area contributed by atoms with Crippen LogP contribution in [0.2, 0.25) is 0 Å². The summed E-state index contributed by atoms with van der Waals surface area (Å²) in [6.07, 6.45) is 0. The first kappa shape index (κ1) is 21.7. The number of para-hydroxylation sites is 3. The van der Waals surface area contributed by atoms with Crippen molar-refractivity contribution in [3.8, 4) is 23.0 Å². The van der Waals surface area contributed by atoms with Crippen LogP contribution in [0, 0.1) is 0 Å². The lowest BCUT2D eigenvalue weighted by Crippen LogP contribution is -2.41. The molecular weight excluding hydrogens is 447 g/mol. The lowest BCUT2D eigenvalue weighted by Gasteiger charge is -2.45. The van der Waals surface area contributed by atoms with Crippen molar-refractivity contribution in [3.63, 3.8) is 0 Å². The van der Waals surface area contributed by atoms with Crippen LogP contribution < -0.4 is 14.9 Å². The van der Waals surface area contributed by atoms with Crippen LogP contribution in [0.5, 0.6) is 23.0 Å². The van der Waals surface area contributed by atoms with Gasteiger partial charge in [-0.3, -0.25) is 0 Å². The van der Waals surface area contributed by atoms with Crippen LogP contribution in [0.1, 0.15) is 49.9 Å². The molecule has 4 aromatic carbocycles. The van der Waals surface area contributed by atoms with Crippen molar-refractivity contribution < 1.29 is 18.8 Å². The van der Waals surface area contributed by atoms with E-state index in [2.05, 4.69) is 76.2 Å². The topological polar surface area (TPSA) is 36.9 Å². The van der Waals surface area contributed by atoms with E-state index < -0.39 is 23.7 Å². The van der Waals surface area contributed by atoms with Gasteiger partial charge in [0.15, 0.2) is 0 Å². The Bertz CT molecular complexity index is 1400. The predicted molar refractivity (Wildman–Crippen MR) is 141 cm³/mol. The smallest absolute Gasteiger partial charge is 0.457 e. The van der Waals surface area contributed by atoms with Crippen molar-refractivity contribution in [1.82, 2.24) is 0 Å². The summed E-state index contributed by atoms with van der Waals surface area (Å²) in [4.78, 5) is 0. The molecule has 0 aliphatic carbocycles. The van der Waals surface area contributed by atoms with E-state index in [1.165, 1.54) is 0 Å². The van der Waals surface area contributed by atoms with E-state index in [0.717, 1.165) is 50.7 Å². The van der Waals surface area contributed by atoms with E-state index in [1.807, 2.05) is 42.5 Å². The molecule has 0 unspecified atom stereocenters. The molecule has 0 radical (unpaired) electrons. The standard InChI is InChI=1S/C31H27BO4/c1-29(2)30(3,4)36-32(35-29)20-17-18-28-24(19-20)31(23-13-7-10-16-27(23)34-28)21-11-5-8-14-25(21)33-26-15-9-6-12-22(26)31/h5-19H,1-4H3. The molecule has 3 aliphatic rings. The average molecular weight is 474 g/mol. The summed E-state index contributed by atoms with van der Waals surface area (Å²) in [5.74, 6) is 3.36. The molecule has 7 rings (SSSR count). The molecule has 1 spiro atoms. The fourth-order valence-electron chi connectivity index (χ4n) is 5.76. The zero-order chi connectivity index (χ0) is 24.7. The fourth-order valence-corrected chi connectivity index (χ4v) is 5.76. The first-order chi connectivity index (χ1) is 17.3. The normalized spacial score (nSPS) is 19.4. The lowest BCUT2D eigenvalue weighted by atomic mass is 9.61. The van der Waals surface area contributed by atoms with Gasteiger partial charge in [0.05, 0.1) is 16.6 Å². The Kier molecular flexibility index (Phi) is 4.38. The molecule has 0 atom stereocenters. The summed E-state index contributed by atoms with van der Waals surface area (Å²) >= 11 is 0. The second kappa shape index (κ2) is 7.25. The number of rotatable bonds is 1. The van der Waals surface area contributed by atoms with E-state index in [4.69, 9.17) is 18.8 Å². The van der Waals surface area contributed by atoms with Crippen molar-refractivity contribution in [1.29, 1.82) is 0 Å². The Hall–Kier alpha value is -3.54. The first-order valence-electron chi connectivity index (χ1n) is 12.5. The fraction of sp³-hybridized carbons (Fsp3) is 0.226. The highest BCUT2D eigenvalue weighted by molar-refractivity contribution is 6.62. The first-order valence-corrected chi connectivity index (χ1v) is 12.5. The van der Waals surface area contributed by atoms with Crippen LogP contribution in [-0.2, 0) is 14.7 Å². The summed E-state index contributed by atoms with van der Waals surface area (Å²) in [5.41, 5.74) is 3.83. The minimum Gasteiger partial charge on any atom is -0.457 e. The van der Waals surface area contributed by atoms with Gasteiger partial charge in [-0.25, -0.2) is 0 Å². The third-order valence-electron chi connectivity index (χ3n) is 8.25. The van der Waals surface area contributed by atoms with E-state index in [-0.39, 0.29) is 0 Å². The average Bonchev–Trinajstić information content (AvgIpc) is 3.10. The van der Waals surface area contributed by atoms with Crippen LogP contribution in [0.25, 0.3) is 0 Å². The number of hydrogen-bond acceptors (Lipinski definition) is 4. The molecule has 178 valence electrons. The van der Waals surface area contributed by atoms with Gasteiger partial charge in [0, 0.05) is 22.3 Å². The monoisotopic (exact) mass is 474 g/mol. The van der Waals surface area contributed by atoms with Gasteiger partial charge in [0.25, 0.3) is 0 Å². The molecule has 0 bridgehead atoms. The molecule has 0 aromatic heterocycles. The van der Waals surface area contributed by atoms with Crippen molar-refractivity contribution in [2.45, 2.75) is 44.3 Å². The Labute approximate surface area is 211 Å². The number of hydrogen-bond donors (Lipinski definition) is 0. The van der Waals surface area contributed by atoms with Crippen LogP contribution in [0.3, 0.4) is 0 Å². The predicted octanol–water partition coefficient (Wildman–Crippen LogP) is 6.58. The van der Waals surface area contributed by atoms with Crippen LogP contribution in [0.15, 0.2) is 91.0 Å². The van der Waals surface area contributed by atoms with Gasteiger partial charge in [-0.05, 0) is 57.4 Å². The largest absolute Gasteiger partial charge is 0.494 e. The van der Waals surface area contributed by atoms with Gasteiger partial charge >= 0.3 is 7.12 Å². The molecule has 0 saturated carbocycles. The highest BCUT2D eigenvalue weighted by Gasteiger charge is 2.54. The molecule has 1 fully saturated rings. The van der Waals surface area contributed by atoms with Crippen molar-refractivity contribution in [2.24, 2.45) is 0 Å². The number of fused-ring (bicyclic) bond motifs is 8. The SMILES string of the molecule is CC1(C)OB(c2ccc3c(c2)C2(c4ccccc4Oc4ccccc42)c2ccccc2O3)OC1(C)C. The minimum absolute atomic E-state index is 0.424. The minimum atomic E-state index is -0.616. The van der Waals surface area contributed by atoms with E-state index in [0.29, 0.717) is 0 Å².